The zero-order valence-corrected chi connectivity index (χ0v) is 12.9. The van der Waals surface area contributed by atoms with Crippen LogP contribution in [0.2, 0.25) is 0 Å². The molecule has 1 aliphatic heterocycles. The molecule has 0 bridgehead atoms. The highest BCUT2D eigenvalue weighted by Gasteiger charge is 2.30. The number of nitrogens with zero attached hydrogens (tertiary/aromatic N) is 2. The average Bonchev–Trinajstić information content (AvgIpc) is 2.81. The average molecular weight is 287 g/mol. The van der Waals surface area contributed by atoms with E-state index in [1.165, 1.54) is 0 Å². The van der Waals surface area contributed by atoms with Crippen molar-refractivity contribution >= 4 is 23.5 Å². The molecule has 0 spiro atoms. The first-order valence-electron chi connectivity index (χ1n) is 6.35. The fraction of sp³-hybridized carbons (Fsp3) is 0.833. The normalized spacial score (nSPS) is 30.7. The van der Waals surface area contributed by atoms with Gasteiger partial charge < -0.3 is 10.3 Å². The van der Waals surface area contributed by atoms with E-state index in [1.54, 1.807) is 0 Å². The van der Waals surface area contributed by atoms with Gasteiger partial charge in [-0.15, -0.1) is 11.8 Å². The zero-order valence-electron chi connectivity index (χ0n) is 11.3. The maximum Gasteiger partial charge on any atom is 0.243 e. The van der Waals surface area contributed by atoms with Gasteiger partial charge in [-0.3, -0.25) is 0 Å². The van der Waals surface area contributed by atoms with Crippen molar-refractivity contribution in [3.63, 3.8) is 0 Å². The molecule has 3 unspecified atom stereocenters. The van der Waals surface area contributed by atoms with Crippen LogP contribution in [0.5, 0.6) is 0 Å². The van der Waals surface area contributed by atoms with Crippen LogP contribution in [0.1, 0.15) is 50.7 Å². The Bertz CT molecular complexity index is 396. The van der Waals surface area contributed by atoms with Crippen LogP contribution in [0, 0.1) is 5.92 Å². The summed E-state index contributed by atoms with van der Waals surface area (Å²) in [5.74, 6) is 2.73. The zero-order chi connectivity index (χ0) is 13.3. The van der Waals surface area contributed by atoms with Crippen LogP contribution in [0.3, 0.4) is 0 Å². The first-order valence-corrected chi connectivity index (χ1v) is 8.34. The molecule has 1 aliphatic rings. The maximum absolute atomic E-state index is 6.02. The lowest BCUT2D eigenvalue weighted by atomic mass is 10.1. The lowest BCUT2D eigenvalue weighted by molar-refractivity contribution is 0.322. The topological polar surface area (TPSA) is 64.9 Å². The number of hydrogen-bond acceptors (Lipinski definition) is 6. The summed E-state index contributed by atoms with van der Waals surface area (Å²) in [7, 11) is 0. The second-order valence-corrected chi connectivity index (χ2v) is 8.12. The number of thioether (sulfide) groups is 2. The Balaban J connectivity index is 2.06. The maximum atomic E-state index is 6.02. The van der Waals surface area contributed by atoms with E-state index in [2.05, 4.69) is 37.8 Å². The molecule has 18 heavy (non-hydrogen) atoms. The molecule has 2 N–H and O–H groups in total. The third kappa shape index (κ3) is 3.03. The largest absolute Gasteiger partial charge is 0.338 e. The van der Waals surface area contributed by atoms with Crippen molar-refractivity contribution in [2.75, 3.05) is 5.75 Å². The Morgan fingerprint density at radius 3 is 2.67 bits per heavy atom. The van der Waals surface area contributed by atoms with Crippen LogP contribution in [0.15, 0.2) is 4.52 Å². The molecule has 0 amide bonds. The van der Waals surface area contributed by atoms with Crippen molar-refractivity contribution in [1.82, 2.24) is 10.1 Å². The molecule has 4 atom stereocenters. The van der Waals surface area contributed by atoms with E-state index in [-0.39, 0.29) is 6.04 Å². The molecule has 0 saturated carbocycles. The van der Waals surface area contributed by atoms with Crippen LogP contribution in [-0.4, -0.2) is 26.4 Å². The fourth-order valence-corrected chi connectivity index (χ4v) is 4.55. The number of nitrogens with two attached hydrogens (primary N) is 1. The molecule has 1 aromatic heterocycles. The molecule has 6 heteroatoms. The summed E-state index contributed by atoms with van der Waals surface area (Å²) in [6.45, 7) is 8.65. The van der Waals surface area contributed by atoms with E-state index in [1.807, 2.05) is 23.5 Å². The van der Waals surface area contributed by atoms with Gasteiger partial charge in [0, 0.05) is 16.3 Å². The number of aromatic nitrogens is 2. The third-order valence-electron chi connectivity index (χ3n) is 3.30. The Hall–Kier alpha value is -0.200. The van der Waals surface area contributed by atoms with E-state index in [9.17, 15) is 0 Å². The van der Waals surface area contributed by atoms with Crippen molar-refractivity contribution in [2.24, 2.45) is 11.7 Å². The van der Waals surface area contributed by atoms with E-state index in [0.29, 0.717) is 27.6 Å². The molecule has 1 aromatic rings. The van der Waals surface area contributed by atoms with Gasteiger partial charge in [-0.2, -0.15) is 16.7 Å². The van der Waals surface area contributed by atoms with Gasteiger partial charge in [0.2, 0.25) is 5.89 Å². The molecule has 2 rings (SSSR count). The summed E-state index contributed by atoms with van der Waals surface area (Å²) in [5, 5.41) is 5.74. The van der Waals surface area contributed by atoms with Crippen LogP contribution < -0.4 is 5.73 Å². The van der Waals surface area contributed by atoms with Crippen LogP contribution in [0.4, 0.5) is 0 Å². The standard InChI is InChI=1S/C12H21N3OS2/c1-6(2)10(13)12-14-11(15-16-12)9-5-17-7(3)8(4)18-9/h6-10H,5,13H2,1-4H3/t7?,8?,9?,10-/m1/s1. The smallest absolute Gasteiger partial charge is 0.243 e. The third-order valence-corrected chi connectivity index (χ3v) is 6.69. The summed E-state index contributed by atoms with van der Waals surface area (Å²) >= 11 is 3.91. The SMILES string of the molecule is CC1SCC(c2noc([C@H](N)C(C)C)n2)SC1C. The minimum Gasteiger partial charge on any atom is -0.338 e. The summed E-state index contributed by atoms with van der Waals surface area (Å²) in [4.78, 5) is 4.48. The molecule has 4 nitrogen and oxygen atoms in total. The number of hydrogen-bond donors (Lipinski definition) is 1. The molecule has 2 heterocycles. The second-order valence-electron chi connectivity index (χ2n) is 5.13. The Labute approximate surface area is 117 Å². The van der Waals surface area contributed by atoms with Gasteiger partial charge in [0.15, 0.2) is 5.82 Å². The van der Waals surface area contributed by atoms with Gasteiger partial charge in [-0.1, -0.05) is 32.9 Å². The van der Waals surface area contributed by atoms with Gasteiger partial charge in [0.25, 0.3) is 0 Å². The first kappa shape index (κ1) is 14.2. The van der Waals surface area contributed by atoms with E-state index in [4.69, 9.17) is 10.3 Å². The van der Waals surface area contributed by atoms with E-state index in [0.717, 1.165) is 11.6 Å². The monoisotopic (exact) mass is 287 g/mol. The summed E-state index contributed by atoms with van der Waals surface area (Å²) in [6.07, 6.45) is 0. The molecule has 1 fully saturated rings. The van der Waals surface area contributed by atoms with Crippen LogP contribution in [-0.2, 0) is 0 Å². The van der Waals surface area contributed by atoms with Gasteiger partial charge in [-0.25, -0.2) is 0 Å². The predicted octanol–water partition coefficient (Wildman–Crippen LogP) is 3.02. The highest BCUT2D eigenvalue weighted by Crippen LogP contribution is 2.43. The molecule has 0 radical (unpaired) electrons. The van der Waals surface area contributed by atoms with Gasteiger partial charge in [0.05, 0.1) is 11.3 Å². The van der Waals surface area contributed by atoms with E-state index < -0.39 is 0 Å². The molecule has 0 aliphatic carbocycles. The first-order chi connectivity index (χ1) is 8.49. The molecular weight excluding hydrogens is 266 g/mol. The van der Waals surface area contributed by atoms with E-state index >= 15 is 0 Å². The Morgan fingerprint density at radius 1 is 1.33 bits per heavy atom. The quantitative estimate of drug-likeness (QED) is 0.922. The van der Waals surface area contributed by atoms with Crippen molar-refractivity contribution in [2.45, 2.75) is 49.5 Å². The van der Waals surface area contributed by atoms with Crippen molar-refractivity contribution in [1.29, 1.82) is 0 Å². The summed E-state index contributed by atoms with van der Waals surface area (Å²) < 4.78 is 5.29. The number of rotatable bonds is 3. The second kappa shape index (κ2) is 5.84. The van der Waals surface area contributed by atoms with Gasteiger partial charge in [0.1, 0.15) is 0 Å². The van der Waals surface area contributed by atoms with Gasteiger partial charge >= 0.3 is 0 Å². The van der Waals surface area contributed by atoms with Crippen molar-refractivity contribution in [3.8, 4) is 0 Å². The molecule has 0 aromatic carbocycles. The van der Waals surface area contributed by atoms with Crippen molar-refractivity contribution in [3.05, 3.63) is 11.7 Å². The minimum atomic E-state index is -0.163. The fourth-order valence-electron chi connectivity index (χ4n) is 1.72. The van der Waals surface area contributed by atoms with Crippen molar-refractivity contribution < 1.29 is 4.52 Å². The lowest BCUT2D eigenvalue weighted by Gasteiger charge is -2.29. The predicted molar refractivity (Wildman–Crippen MR) is 77.8 cm³/mol. The molecule has 102 valence electrons. The minimum absolute atomic E-state index is 0.163. The molecular formula is C12H21N3OS2. The highest BCUT2D eigenvalue weighted by molar-refractivity contribution is 8.07. The lowest BCUT2D eigenvalue weighted by Crippen LogP contribution is -2.22. The van der Waals surface area contributed by atoms with Crippen LogP contribution >= 0.6 is 23.5 Å². The van der Waals surface area contributed by atoms with Crippen LogP contribution in [0.25, 0.3) is 0 Å². The summed E-state index contributed by atoms with van der Waals surface area (Å²) in [5.41, 5.74) is 6.02. The van der Waals surface area contributed by atoms with Gasteiger partial charge in [-0.05, 0) is 5.92 Å². The Morgan fingerprint density at radius 2 is 2.06 bits per heavy atom. The Kier molecular flexibility index (Phi) is 4.61. The highest BCUT2D eigenvalue weighted by atomic mass is 32.2. The molecule has 1 saturated heterocycles. The summed E-state index contributed by atoms with van der Waals surface area (Å²) in [6, 6.07) is -0.163.